The molecule has 0 radical (unpaired) electrons. The predicted molar refractivity (Wildman–Crippen MR) is 43.6 cm³/mol. The fourth-order valence-corrected chi connectivity index (χ4v) is 0.935. The third-order valence-electron chi connectivity index (χ3n) is 1.48. The first kappa shape index (κ1) is 6.78. The zero-order chi connectivity index (χ0) is 8.39. The van der Waals surface area contributed by atoms with E-state index in [1.807, 2.05) is 0 Å². The van der Waals surface area contributed by atoms with Crippen LogP contribution in [-0.4, -0.2) is 19.7 Å². The highest BCUT2D eigenvalue weighted by atomic mass is 15.3. The Kier molecular flexibility index (Phi) is 1.48. The van der Waals surface area contributed by atoms with E-state index in [1.165, 1.54) is 0 Å². The summed E-state index contributed by atoms with van der Waals surface area (Å²) in [6, 6.07) is 3.56. The van der Waals surface area contributed by atoms with Crippen LogP contribution in [0.4, 0.5) is 5.69 Å². The van der Waals surface area contributed by atoms with Gasteiger partial charge in [-0.15, -0.1) is 10.2 Å². The maximum Gasteiger partial charge on any atom is 0.162 e. The summed E-state index contributed by atoms with van der Waals surface area (Å²) in [6.45, 7) is 0. The number of rotatable bonds is 1. The zero-order valence-electron chi connectivity index (χ0n) is 6.25. The predicted octanol–water partition coefficient (Wildman–Crippen LogP) is 0.244. The highest BCUT2D eigenvalue weighted by Crippen LogP contribution is 2.10. The third kappa shape index (κ3) is 1.01. The summed E-state index contributed by atoms with van der Waals surface area (Å²) in [6.07, 6.45) is 4.78. The summed E-state index contributed by atoms with van der Waals surface area (Å²) in [4.78, 5) is 4.08. The Morgan fingerprint density at radius 1 is 1.25 bits per heavy atom. The molecule has 0 unspecified atom stereocenters. The fraction of sp³-hybridized carbons (Fsp3) is 0. The van der Waals surface area contributed by atoms with Gasteiger partial charge < -0.3 is 5.73 Å². The number of nitrogens with two attached hydrogens (primary N) is 1. The molecule has 0 amide bonds. The molecular formula is C7H7N5. The zero-order valence-corrected chi connectivity index (χ0v) is 6.25. The van der Waals surface area contributed by atoms with Crippen molar-refractivity contribution in [2.75, 3.05) is 5.73 Å². The van der Waals surface area contributed by atoms with Crippen LogP contribution in [0.1, 0.15) is 0 Å². The van der Waals surface area contributed by atoms with E-state index in [2.05, 4.69) is 15.2 Å². The Bertz CT molecular complexity index is 367. The van der Waals surface area contributed by atoms with Gasteiger partial charge in [0.05, 0.1) is 5.69 Å². The quantitative estimate of drug-likeness (QED) is 0.650. The van der Waals surface area contributed by atoms with Gasteiger partial charge in [0.2, 0.25) is 0 Å². The molecule has 12 heavy (non-hydrogen) atoms. The van der Waals surface area contributed by atoms with E-state index in [1.54, 1.807) is 35.6 Å². The van der Waals surface area contributed by atoms with Crippen LogP contribution in [0.2, 0.25) is 0 Å². The molecule has 5 nitrogen and oxygen atoms in total. The van der Waals surface area contributed by atoms with E-state index in [-0.39, 0.29) is 0 Å². The number of pyridine rings is 1. The van der Waals surface area contributed by atoms with Crippen molar-refractivity contribution in [1.29, 1.82) is 0 Å². The van der Waals surface area contributed by atoms with Crippen LogP contribution >= 0.6 is 0 Å². The highest BCUT2D eigenvalue weighted by molar-refractivity contribution is 5.51. The minimum atomic E-state index is 0.609. The van der Waals surface area contributed by atoms with E-state index in [0.29, 0.717) is 11.5 Å². The molecule has 0 saturated carbocycles. The van der Waals surface area contributed by atoms with E-state index in [0.717, 1.165) is 0 Å². The van der Waals surface area contributed by atoms with Gasteiger partial charge in [-0.2, -0.15) is 0 Å². The molecule has 2 N–H and O–H groups in total. The molecule has 0 fully saturated rings. The van der Waals surface area contributed by atoms with Gasteiger partial charge in [0, 0.05) is 6.20 Å². The lowest BCUT2D eigenvalue weighted by atomic mass is 10.4. The van der Waals surface area contributed by atoms with Crippen molar-refractivity contribution in [2.45, 2.75) is 0 Å². The third-order valence-corrected chi connectivity index (χ3v) is 1.48. The number of hydrogen-bond donors (Lipinski definition) is 1. The highest BCUT2D eigenvalue weighted by Gasteiger charge is 2.00. The number of anilines is 1. The monoisotopic (exact) mass is 161 g/mol. The maximum absolute atomic E-state index is 5.67. The van der Waals surface area contributed by atoms with Crippen LogP contribution in [0.5, 0.6) is 0 Å². The minimum Gasteiger partial charge on any atom is -0.396 e. The average Bonchev–Trinajstić information content (AvgIpc) is 2.57. The molecule has 2 aromatic heterocycles. The van der Waals surface area contributed by atoms with Crippen molar-refractivity contribution in [3.63, 3.8) is 0 Å². The molecule has 2 heterocycles. The number of nitrogens with zero attached hydrogens (tertiary/aromatic N) is 4. The second kappa shape index (κ2) is 2.61. The van der Waals surface area contributed by atoms with Crippen LogP contribution < -0.4 is 5.73 Å². The van der Waals surface area contributed by atoms with Crippen LogP contribution in [-0.2, 0) is 0 Å². The number of nitrogen functional groups attached to an aromatic ring is 1. The van der Waals surface area contributed by atoms with Crippen molar-refractivity contribution in [1.82, 2.24) is 19.7 Å². The molecule has 2 rings (SSSR count). The molecule has 0 atom stereocenters. The van der Waals surface area contributed by atoms with Gasteiger partial charge in [0.1, 0.15) is 12.7 Å². The molecule has 2 aromatic rings. The Morgan fingerprint density at radius 2 is 2.00 bits per heavy atom. The first-order chi connectivity index (χ1) is 5.88. The number of hydrogen-bond acceptors (Lipinski definition) is 4. The molecule has 0 aliphatic carbocycles. The van der Waals surface area contributed by atoms with Crippen molar-refractivity contribution in [3.8, 4) is 5.82 Å². The molecule has 60 valence electrons. The van der Waals surface area contributed by atoms with Crippen LogP contribution in [0.15, 0.2) is 31.0 Å². The van der Waals surface area contributed by atoms with Crippen molar-refractivity contribution < 1.29 is 0 Å². The Morgan fingerprint density at radius 3 is 2.67 bits per heavy atom. The Labute approximate surface area is 68.9 Å². The Balaban J connectivity index is 2.55. The van der Waals surface area contributed by atoms with E-state index >= 15 is 0 Å². The lowest BCUT2D eigenvalue weighted by molar-refractivity contribution is 0.995. The van der Waals surface area contributed by atoms with Gasteiger partial charge in [-0.3, -0.25) is 4.57 Å². The van der Waals surface area contributed by atoms with Crippen LogP contribution in [0, 0.1) is 0 Å². The normalized spacial score (nSPS) is 10.0. The first-order valence-electron chi connectivity index (χ1n) is 3.43. The summed E-state index contributed by atoms with van der Waals surface area (Å²) in [5, 5.41) is 7.31. The molecule has 0 saturated heterocycles. The van der Waals surface area contributed by atoms with Crippen molar-refractivity contribution in [3.05, 3.63) is 31.0 Å². The number of aromatic nitrogens is 4. The topological polar surface area (TPSA) is 69.6 Å². The van der Waals surface area contributed by atoms with E-state index in [9.17, 15) is 0 Å². The molecular weight excluding hydrogens is 154 g/mol. The van der Waals surface area contributed by atoms with Gasteiger partial charge in [0.15, 0.2) is 5.82 Å². The van der Waals surface area contributed by atoms with Crippen LogP contribution in [0.3, 0.4) is 0 Å². The Hall–Kier alpha value is -1.91. The smallest absolute Gasteiger partial charge is 0.162 e. The SMILES string of the molecule is Nc1cccnc1-n1cnnc1. The van der Waals surface area contributed by atoms with Gasteiger partial charge in [-0.05, 0) is 12.1 Å². The molecule has 0 aromatic carbocycles. The standard InChI is InChI=1S/C7H7N5/c8-6-2-1-3-9-7(6)12-4-10-11-5-12/h1-5H,8H2. The lowest BCUT2D eigenvalue weighted by Crippen LogP contribution is -1.99. The second-order valence-electron chi connectivity index (χ2n) is 2.29. The van der Waals surface area contributed by atoms with E-state index in [4.69, 9.17) is 5.73 Å². The second-order valence-corrected chi connectivity index (χ2v) is 2.29. The lowest BCUT2D eigenvalue weighted by Gasteiger charge is -2.01. The summed E-state index contributed by atoms with van der Waals surface area (Å²) in [7, 11) is 0. The summed E-state index contributed by atoms with van der Waals surface area (Å²) < 4.78 is 1.66. The van der Waals surface area contributed by atoms with E-state index < -0.39 is 0 Å². The van der Waals surface area contributed by atoms with Crippen molar-refractivity contribution >= 4 is 5.69 Å². The van der Waals surface area contributed by atoms with Gasteiger partial charge in [0.25, 0.3) is 0 Å². The average molecular weight is 161 g/mol. The maximum atomic E-state index is 5.67. The molecule has 0 spiro atoms. The van der Waals surface area contributed by atoms with Gasteiger partial charge in [-0.1, -0.05) is 0 Å². The molecule has 0 aliphatic rings. The van der Waals surface area contributed by atoms with Crippen LogP contribution in [0.25, 0.3) is 5.82 Å². The largest absolute Gasteiger partial charge is 0.396 e. The fourth-order valence-electron chi connectivity index (χ4n) is 0.935. The molecule has 0 bridgehead atoms. The summed E-state index contributed by atoms with van der Waals surface area (Å²) >= 11 is 0. The van der Waals surface area contributed by atoms with Crippen molar-refractivity contribution in [2.24, 2.45) is 0 Å². The molecule has 0 aliphatic heterocycles. The molecule has 5 heteroatoms. The summed E-state index contributed by atoms with van der Waals surface area (Å²) in [5.41, 5.74) is 6.28. The first-order valence-corrected chi connectivity index (χ1v) is 3.43. The van der Waals surface area contributed by atoms with Gasteiger partial charge >= 0.3 is 0 Å². The minimum absolute atomic E-state index is 0.609. The summed E-state index contributed by atoms with van der Waals surface area (Å²) in [5.74, 6) is 0.655. The van der Waals surface area contributed by atoms with Gasteiger partial charge in [-0.25, -0.2) is 4.98 Å².